The van der Waals surface area contributed by atoms with Gasteiger partial charge in [-0.05, 0) is 23.8 Å². The monoisotopic (exact) mass is 411 g/mol. The summed E-state index contributed by atoms with van der Waals surface area (Å²) < 4.78 is 7.49. The number of carbonyl (C=O) groups is 1. The van der Waals surface area contributed by atoms with E-state index in [1.54, 1.807) is 4.68 Å². The predicted molar refractivity (Wildman–Crippen MR) is 109 cm³/mol. The van der Waals surface area contributed by atoms with Crippen LogP contribution >= 0.6 is 11.6 Å². The number of rotatable bonds is 2. The molecule has 0 radical (unpaired) electrons. The second-order valence-electron chi connectivity index (χ2n) is 6.99. The molecule has 29 heavy (non-hydrogen) atoms. The van der Waals surface area contributed by atoms with Crippen molar-refractivity contribution in [3.05, 3.63) is 76.6 Å². The molecule has 3 aromatic rings. The molecule has 2 heterocycles. The number of halogens is 1. The fraction of sp³-hybridized carbons (Fsp3) is 0.286. The molecule has 2 aromatic carbocycles. The predicted octanol–water partition coefficient (Wildman–Crippen LogP) is 2.64. The van der Waals surface area contributed by atoms with Crippen LogP contribution in [0, 0.1) is 0 Å². The van der Waals surface area contributed by atoms with Crippen molar-refractivity contribution in [1.82, 2.24) is 25.2 Å². The molecule has 0 fully saturated rings. The summed E-state index contributed by atoms with van der Waals surface area (Å²) in [6, 6.07) is 15.8. The van der Waals surface area contributed by atoms with Crippen molar-refractivity contribution in [2.24, 2.45) is 0 Å². The molecule has 0 spiro atoms. The Morgan fingerprint density at radius 1 is 1.07 bits per heavy atom. The second-order valence-corrected chi connectivity index (χ2v) is 7.42. The maximum atomic E-state index is 12.1. The average molecular weight is 412 g/mol. The smallest absolute Gasteiger partial charge is 0.241 e. The van der Waals surface area contributed by atoms with Gasteiger partial charge in [-0.2, -0.15) is 0 Å². The van der Waals surface area contributed by atoms with Gasteiger partial charge in [0.2, 0.25) is 5.91 Å². The first-order chi connectivity index (χ1) is 14.2. The van der Waals surface area contributed by atoms with Gasteiger partial charge >= 0.3 is 0 Å². The Morgan fingerprint density at radius 3 is 2.76 bits per heavy atom. The molecule has 150 valence electrons. The second kappa shape index (κ2) is 9.07. The largest absolute Gasteiger partial charge is 0.491 e. The average Bonchev–Trinajstić information content (AvgIpc) is 3.14. The summed E-state index contributed by atoms with van der Waals surface area (Å²) in [6.07, 6.45) is 1.82. The molecule has 1 aromatic heterocycles. The van der Waals surface area contributed by atoms with Gasteiger partial charge in [0.25, 0.3) is 0 Å². The van der Waals surface area contributed by atoms with E-state index < -0.39 is 0 Å². The number of nitrogens with zero attached hydrogens (tertiary/aromatic N) is 4. The molecule has 1 amide bonds. The maximum Gasteiger partial charge on any atom is 0.241 e. The first-order valence-corrected chi connectivity index (χ1v) is 9.87. The molecule has 8 heteroatoms. The Balaban J connectivity index is 1.62. The van der Waals surface area contributed by atoms with Crippen LogP contribution in [0.25, 0.3) is 0 Å². The molecule has 1 N–H and O–H groups in total. The summed E-state index contributed by atoms with van der Waals surface area (Å²) in [4.78, 5) is 14.3. The lowest BCUT2D eigenvalue weighted by atomic mass is 10.1. The minimum Gasteiger partial charge on any atom is -0.491 e. The van der Waals surface area contributed by atoms with Crippen LogP contribution in [0.3, 0.4) is 0 Å². The number of amides is 1. The number of ether oxygens (including phenoxy) is 1. The van der Waals surface area contributed by atoms with E-state index in [9.17, 15) is 4.79 Å². The fourth-order valence-electron chi connectivity index (χ4n) is 3.30. The zero-order chi connectivity index (χ0) is 20.1. The first-order valence-electron chi connectivity index (χ1n) is 9.49. The van der Waals surface area contributed by atoms with E-state index in [1.165, 1.54) is 0 Å². The quantitative estimate of drug-likeness (QED) is 0.701. The highest BCUT2D eigenvalue weighted by atomic mass is 35.5. The van der Waals surface area contributed by atoms with Gasteiger partial charge in [-0.25, -0.2) is 4.68 Å². The Labute approximate surface area is 174 Å². The first kappa shape index (κ1) is 19.4. The highest BCUT2D eigenvalue weighted by Crippen LogP contribution is 2.22. The van der Waals surface area contributed by atoms with Gasteiger partial charge in [0.1, 0.15) is 18.9 Å². The molecule has 0 unspecified atom stereocenters. The van der Waals surface area contributed by atoms with E-state index in [2.05, 4.69) is 26.6 Å². The van der Waals surface area contributed by atoms with Crippen molar-refractivity contribution in [3.63, 3.8) is 0 Å². The molecule has 1 aliphatic rings. The summed E-state index contributed by atoms with van der Waals surface area (Å²) in [5.41, 5.74) is 3.04. The van der Waals surface area contributed by atoms with Gasteiger partial charge in [-0.1, -0.05) is 47.1 Å². The summed E-state index contributed by atoms with van der Waals surface area (Å²) in [7, 11) is 0. The van der Waals surface area contributed by atoms with E-state index in [-0.39, 0.29) is 12.5 Å². The zero-order valence-electron chi connectivity index (χ0n) is 15.9. The van der Waals surface area contributed by atoms with Gasteiger partial charge in [-0.3, -0.25) is 9.69 Å². The minimum absolute atomic E-state index is 0.117. The molecule has 4 rings (SSSR count). The number of para-hydroxylation sites is 1. The topological polar surface area (TPSA) is 72.3 Å². The van der Waals surface area contributed by atoms with Crippen LogP contribution in [0.4, 0.5) is 0 Å². The normalized spacial score (nSPS) is 15.7. The summed E-state index contributed by atoms with van der Waals surface area (Å²) in [5.74, 6) is 0.706. The van der Waals surface area contributed by atoms with E-state index >= 15 is 0 Å². The van der Waals surface area contributed by atoms with Crippen LogP contribution in [0.1, 0.15) is 16.8 Å². The summed E-state index contributed by atoms with van der Waals surface area (Å²) >= 11 is 6.03. The molecule has 2 bridgehead atoms. The number of hydrogen-bond donors (Lipinski definition) is 1. The van der Waals surface area contributed by atoms with Crippen LogP contribution in [0.15, 0.2) is 54.7 Å². The highest BCUT2D eigenvalue weighted by molar-refractivity contribution is 6.30. The van der Waals surface area contributed by atoms with Crippen LogP contribution in [0.2, 0.25) is 5.02 Å². The van der Waals surface area contributed by atoms with Crippen molar-refractivity contribution in [3.8, 4) is 5.75 Å². The molecule has 0 saturated heterocycles. The summed E-state index contributed by atoms with van der Waals surface area (Å²) in [6.45, 7) is 2.99. The Morgan fingerprint density at radius 2 is 1.90 bits per heavy atom. The zero-order valence-corrected chi connectivity index (χ0v) is 16.7. The number of fused-ring (bicyclic) bond motifs is 3. The van der Waals surface area contributed by atoms with Crippen LogP contribution in [-0.2, 0) is 31.0 Å². The van der Waals surface area contributed by atoms with E-state index in [0.29, 0.717) is 26.2 Å². The van der Waals surface area contributed by atoms with Gasteiger partial charge in [-0.15, -0.1) is 5.10 Å². The third-order valence-electron chi connectivity index (χ3n) is 4.65. The molecule has 0 aliphatic carbocycles. The molecule has 0 atom stereocenters. The Kier molecular flexibility index (Phi) is 6.07. The lowest BCUT2D eigenvalue weighted by Crippen LogP contribution is -2.31. The standard InChI is InChI=1S/C21H22ClN5O2/c22-18-7-5-16(6-8-18)11-26-12-17-3-1-2-4-20(17)29-10-9-23-21(28)15-27-14-19(13-26)24-25-27/h1-8,14H,9-13,15H2,(H,23,28). The number of hydrogen-bond acceptors (Lipinski definition) is 5. The highest BCUT2D eigenvalue weighted by Gasteiger charge is 2.15. The third-order valence-corrected chi connectivity index (χ3v) is 4.90. The minimum atomic E-state index is -0.117. The van der Waals surface area contributed by atoms with Gasteiger partial charge < -0.3 is 10.1 Å². The molecular weight excluding hydrogens is 390 g/mol. The van der Waals surface area contributed by atoms with E-state index in [4.69, 9.17) is 16.3 Å². The SMILES string of the molecule is O=C1Cn2cc(nn2)CN(Cc2ccc(Cl)cc2)Cc2ccccc2OCCN1. The van der Waals surface area contributed by atoms with Gasteiger partial charge in [0.15, 0.2) is 0 Å². The molecular formula is C21H22ClN5O2. The number of carbonyl (C=O) groups excluding carboxylic acids is 1. The van der Waals surface area contributed by atoms with Crippen molar-refractivity contribution >= 4 is 17.5 Å². The van der Waals surface area contributed by atoms with E-state index in [1.807, 2.05) is 48.7 Å². The van der Waals surface area contributed by atoms with E-state index in [0.717, 1.165) is 34.1 Å². The lowest BCUT2D eigenvalue weighted by molar-refractivity contribution is -0.121. The number of benzene rings is 2. The van der Waals surface area contributed by atoms with Crippen molar-refractivity contribution in [2.45, 2.75) is 26.2 Å². The Bertz CT molecular complexity index is 973. The number of nitrogens with one attached hydrogen (secondary N) is 1. The molecule has 1 aliphatic heterocycles. The van der Waals surface area contributed by atoms with Crippen LogP contribution < -0.4 is 10.1 Å². The van der Waals surface area contributed by atoms with Gasteiger partial charge in [0.05, 0.1) is 18.4 Å². The molecule has 0 saturated carbocycles. The Hall–Kier alpha value is -2.90. The maximum absolute atomic E-state index is 12.1. The van der Waals surface area contributed by atoms with Gasteiger partial charge in [0, 0.05) is 30.2 Å². The summed E-state index contributed by atoms with van der Waals surface area (Å²) in [5, 5.41) is 11.9. The lowest BCUT2D eigenvalue weighted by Gasteiger charge is -2.23. The molecule has 7 nitrogen and oxygen atoms in total. The van der Waals surface area contributed by atoms with Crippen molar-refractivity contribution in [1.29, 1.82) is 0 Å². The van der Waals surface area contributed by atoms with Crippen LogP contribution in [0.5, 0.6) is 5.75 Å². The van der Waals surface area contributed by atoms with Crippen LogP contribution in [-0.4, -0.2) is 39.0 Å². The van der Waals surface area contributed by atoms with Crippen molar-refractivity contribution in [2.75, 3.05) is 13.2 Å². The van der Waals surface area contributed by atoms with Crippen molar-refractivity contribution < 1.29 is 9.53 Å². The number of aromatic nitrogens is 3. The fourth-order valence-corrected chi connectivity index (χ4v) is 3.43. The third kappa shape index (κ3) is 5.34.